The van der Waals surface area contributed by atoms with E-state index >= 15 is 0 Å². The summed E-state index contributed by atoms with van der Waals surface area (Å²) in [5, 5.41) is 0. The molecule has 0 spiro atoms. The lowest BCUT2D eigenvalue weighted by atomic mass is 10.1. The Bertz CT molecular complexity index is 810. The molecule has 5 nitrogen and oxygen atoms in total. The second-order valence-electron chi connectivity index (χ2n) is 5.47. The van der Waals surface area contributed by atoms with Crippen LogP contribution in [0.4, 0.5) is 0 Å². The zero-order valence-corrected chi connectivity index (χ0v) is 13.9. The highest BCUT2D eigenvalue weighted by Gasteiger charge is 2.11. The molecule has 0 amide bonds. The van der Waals surface area contributed by atoms with Crippen molar-refractivity contribution in [2.24, 2.45) is 5.73 Å². The fraction of sp³-hybridized carbons (Fsp3) is 0.211. The van der Waals surface area contributed by atoms with Gasteiger partial charge in [-0.05, 0) is 29.3 Å². The first-order chi connectivity index (χ1) is 11.7. The Morgan fingerprint density at radius 1 is 0.958 bits per heavy atom. The quantitative estimate of drug-likeness (QED) is 0.757. The zero-order valence-electron chi connectivity index (χ0n) is 13.9. The predicted octanol–water partition coefficient (Wildman–Crippen LogP) is 3.07. The topological polar surface area (TPSA) is 62.3 Å². The Morgan fingerprint density at radius 3 is 2.33 bits per heavy atom. The van der Waals surface area contributed by atoms with Crippen LogP contribution < -0.4 is 15.2 Å². The van der Waals surface area contributed by atoms with Crippen molar-refractivity contribution in [3.05, 3.63) is 66.0 Å². The van der Waals surface area contributed by atoms with Crippen LogP contribution in [0.1, 0.15) is 11.1 Å². The Morgan fingerprint density at radius 2 is 1.67 bits per heavy atom. The van der Waals surface area contributed by atoms with E-state index in [1.54, 1.807) is 20.4 Å². The van der Waals surface area contributed by atoms with Crippen LogP contribution in [0.25, 0.3) is 11.4 Å². The van der Waals surface area contributed by atoms with E-state index in [0.717, 1.165) is 23.5 Å². The van der Waals surface area contributed by atoms with E-state index in [2.05, 4.69) is 33.8 Å². The largest absolute Gasteiger partial charge is 0.493 e. The van der Waals surface area contributed by atoms with Gasteiger partial charge in [0, 0.05) is 31.0 Å². The van der Waals surface area contributed by atoms with Gasteiger partial charge in [-0.1, -0.05) is 24.3 Å². The summed E-state index contributed by atoms with van der Waals surface area (Å²) in [4.78, 5) is 4.49. The highest BCUT2D eigenvalue weighted by molar-refractivity contribution is 5.61. The number of imidazole rings is 1. The van der Waals surface area contributed by atoms with Crippen molar-refractivity contribution in [1.29, 1.82) is 0 Å². The van der Waals surface area contributed by atoms with Gasteiger partial charge in [0.1, 0.15) is 5.82 Å². The summed E-state index contributed by atoms with van der Waals surface area (Å²) in [7, 11) is 3.26. The number of benzene rings is 2. The predicted molar refractivity (Wildman–Crippen MR) is 94.2 cm³/mol. The van der Waals surface area contributed by atoms with Gasteiger partial charge in [-0.3, -0.25) is 0 Å². The van der Waals surface area contributed by atoms with Crippen LogP contribution in [-0.4, -0.2) is 23.8 Å². The molecular weight excluding hydrogens is 302 g/mol. The SMILES string of the molecule is COc1ccc(-c2nccn2Cc2ccc(CN)cc2)cc1OC. The first-order valence-electron chi connectivity index (χ1n) is 7.76. The minimum Gasteiger partial charge on any atom is -0.493 e. The number of aromatic nitrogens is 2. The van der Waals surface area contributed by atoms with Gasteiger partial charge in [-0.15, -0.1) is 0 Å². The van der Waals surface area contributed by atoms with Gasteiger partial charge < -0.3 is 19.8 Å². The molecule has 0 saturated heterocycles. The Hall–Kier alpha value is -2.79. The molecule has 0 atom stereocenters. The standard InChI is InChI=1S/C19H21N3O2/c1-23-17-8-7-16(11-18(17)24-2)19-21-9-10-22(19)13-15-5-3-14(12-20)4-6-15/h3-11H,12-13,20H2,1-2H3. The van der Waals surface area contributed by atoms with E-state index in [1.165, 1.54) is 5.56 Å². The molecule has 2 aromatic carbocycles. The minimum absolute atomic E-state index is 0.558. The van der Waals surface area contributed by atoms with Gasteiger partial charge in [0.2, 0.25) is 0 Å². The van der Waals surface area contributed by atoms with Crippen LogP contribution in [0.5, 0.6) is 11.5 Å². The lowest BCUT2D eigenvalue weighted by Crippen LogP contribution is -2.02. The van der Waals surface area contributed by atoms with Crippen molar-refractivity contribution in [3.63, 3.8) is 0 Å². The Balaban J connectivity index is 1.89. The van der Waals surface area contributed by atoms with Gasteiger partial charge in [-0.2, -0.15) is 0 Å². The Kier molecular flexibility index (Phi) is 4.82. The number of nitrogens with zero attached hydrogens (tertiary/aromatic N) is 2. The molecule has 0 saturated carbocycles. The van der Waals surface area contributed by atoms with Gasteiger partial charge in [-0.25, -0.2) is 4.98 Å². The summed E-state index contributed by atoms with van der Waals surface area (Å²) in [6.07, 6.45) is 3.78. The normalized spacial score (nSPS) is 10.6. The fourth-order valence-electron chi connectivity index (χ4n) is 2.65. The van der Waals surface area contributed by atoms with Crippen molar-refractivity contribution in [2.75, 3.05) is 14.2 Å². The molecule has 0 aliphatic carbocycles. The molecule has 1 heterocycles. The third-order valence-corrected chi connectivity index (χ3v) is 3.97. The molecule has 0 fully saturated rings. The molecule has 0 aliphatic rings. The lowest BCUT2D eigenvalue weighted by molar-refractivity contribution is 0.355. The first kappa shape index (κ1) is 16.1. The number of hydrogen-bond donors (Lipinski definition) is 1. The number of hydrogen-bond acceptors (Lipinski definition) is 4. The van der Waals surface area contributed by atoms with Crippen LogP contribution >= 0.6 is 0 Å². The zero-order chi connectivity index (χ0) is 16.9. The molecular formula is C19H21N3O2. The summed E-state index contributed by atoms with van der Waals surface area (Å²) >= 11 is 0. The molecule has 124 valence electrons. The monoisotopic (exact) mass is 323 g/mol. The van der Waals surface area contributed by atoms with E-state index in [4.69, 9.17) is 15.2 Å². The highest BCUT2D eigenvalue weighted by atomic mass is 16.5. The summed E-state index contributed by atoms with van der Waals surface area (Å²) in [6, 6.07) is 14.1. The van der Waals surface area contributed by atoms with Crippen molar-refractivity contribution in [1.82, 2.24) is 9.55 Å². The molecule has 0 bridgehead atoms. The number of nitrogens with two attached hydrogens (primary N) is 1. The van der Waals surface area contributed by atoms with Crippen LogP contribution in [-0.2, 0) is 13.1 Å². The molecule has 24 heavy (non-hydrogen) atoms. The first-order valence-corrected chi connectivity index (χ1v) is 7.76. The smallest absolute Gasteiger partial charge is 0.161 e. The maximum Gasteiger partial charge on any atom is 0.161 e. The fourth-order valence-corrected chi connectivity index (χ4v) is 2.65. The number of ether oxygens (including phenoxy) is 2. The van der Waals surface area contributed by atoms with Crippen molar-refractivity contribution >= 4 is 0 Å². The van der Waals surface area contributed by atoms with E-state index < -0.39 is 0 Å². The number of methoxy groups -OCH3 is 2. The Labute approximate surface area is 141 Å². The van der Waals surface area contributed by atoms with Gasteiger partial charge in [0.05, 0.1) is 14.2 Å². The average Bonchev–Trinajstić information content (AvgIpc) is 3.09. The van der Waals surface area contributed by atoms with E-state index in [0.29, 0.717) is 18.0 Å². The molecule has 3 rings (SSSR count). The summed E-state index contributed by atoms with van der Waals surface area (Å²) in [5.74, 6) is 2.28. The van der Waals surface area contributed by atoms with Crippen molar-refractivity contribution in [3.8, 4) is 22.9 Å². The third kappa shape index (κ3) is 3.26. The average molecular weight is 323 g/mol. The molecule has 1 aromatic heterocycles. The number of rotatable bonds is 6. The summed E-state index contributed by atoms with van der Waals surface area (Å²) in [6.45, 7) is 1.30. The van der Waals surface area contributed by atoms with Gasteiger partial charge in [0.25, 0.3) is 0 Å². The van der Waals surface area contributed by atoms with Crippen LogP contribution in [0.2, 0.25) is 0 Å². The molecule has 3 aromatic rings. The maximum atomic E-state index is 5.65. The lowest BCUT2D eigenvalue weighted by Gasteiger charge is -2.12. The van der Waals surface area contributed by atoms with Gasteiger partial charge >= 0.3 is 0 Å². The van der Waals surface area contributed by atoms with E-state index in [-0.39, 0.29) is 0 Å². The molecule has 2 N–H and O–H groups in total. The second kappa shape index (κ2) is 7.19. The molecule has 5 heteroatoms. The summed E-state index contributed by atoms with van der Waals surface area (Å²) < 4.78 is 12.8. The highest BCUT2D eigenvalue weighted by Crippen LogP contribution is 2.31. The molecule has 0 aliphatic heterocycles. The van der Waals surface area contributed by atoms with Gasteiger partial charge in [0.15, 0.2) is 11.5 Å². The van der Waals surface area contributed by atoms with E-state index in [1.807, 2.05) is 24.4 Å². The van der Waals surface area contributed by atoms with Crippen LogP contribution in [0.3, 0.4) is 0 Å². The summed E-state index contributed by atoms with van der Waals surface area (Å²) in [5.41, 5.74) is 8.96. The maximum absolute atomic E-state index is 5.65. The van der Waals surface area contributed by atoms with Crippen molar-refractivity contribution < 1.29 is 9.47 Å². The molecule has 0 unspecified atom stereocenters. The van der Waals surface area contributed by atoms with Crippen LogP contribution in [0.15, 0.2) is 54.9 Å². The second-order valence-corrected chi connectivity index (χ2v) is 5.47. The van der Waals surface area contributed by atoms with Crippen LogP contribution in [0, 0.1) is 0 Å². The third-order valence-electron chi connectivity index (χ3n) is 3.97. The van der Waals surface area contributed by atoms with E-state index in [9.17, 15) is 0 Å². The molecule has 0 radical (unpaired) electrons. The van der Waals surface area contributed by atoms with Crippen molar-refractivity contribution in [2.45, 2.75) is 13.1 Å². The minimum atomic E-state index is 0.558.